The van der Waals surface area contributed by atoms with E-state index in [4.69, 9.17) is 5.73 Å². The third-order valence-electron chi connectivity index (χ3n) is 3.57. The standard InChI is InChI=1S/C16H20N4O2S/c1-16(2,21)9-20-12(8-23(3)22)19-13-14(20)10-6-4-5-7-11(10)18-15(13)17/h4-7,21H,8-9H2,1-3H3,(H2,17,18). The molecular formula is C16H20N4O2S. The lowest BCUT2D eigenvalue weighted by Crippen LogP contribution is -2.27. The normalized spacial score (nSPS) is 13.7. The van der Waals surface area contributed by atoms with Crippen molar-refractivity contribution < 1.29 is 9.32 Å². The van der Waals surface area contributed by atoms with Gasteiger partial charge in [0.25, 0.3) is 0 Å². The summed E-state index contributed by atoms with van der Waals surface area (Å²) in [6.07, 6.45) is 1.63. The van der Waals surface area contributed by atoms with E-state index in [-0.39, 0.29) is 0 Å². The van der Waals surface area contributed by atoms with Gasteiger partial charge in [-0.2, -0.15) is 0 Å². The predicted octanol–water partition coefficient (Wildman–Crippen LogP) is 1.82. The topological polar surface area (TPSA) is 94.0 Å². The van der Waals surface area contributed by atoms with Gasteiger partial charge in [0.05, 0.1) is 28.9 Å². The van der Waals surface area contributed by atoms with Crippen molar-refractivity contribution in [2.45, 2.75) is 31.7 Å². The van der Waals surface area contributed by atoms with Crippen molar-refractivity contribution in [3.8, 4) is 0 Å². The molecule has 0 radical (unpaired) electrons. The van der Waals surface area contributed by atoms with Gasteiger partial charge in [0.15, 0.2) is 5.82 Å². The molecule has 0 saturated carbocycles. The summed E-state index contributed by atoms with van der Waals surface area (Å²) in [6, 6.07) is 7.68. The van der Waals surface area contributed by atoms with Crippen molar-refractivity contribution in [2.75, 3.05) is 12.0 Å². The Labute approximate surface area is 136 Å². The first kappa shape index (κ1) is 15.9. The molecule has 3 rings (SSSR count). The summed E-state index contributed by atoms with van der Waals surface area (Å²) in [5, 5.41) is 11.2. The fraction of sp³-hybridized carbons (Fsp3) is 0.375. The molecule has 1 aromatic carbocycles. The third kappa shape index (κ3) is 3.07. The SMILES string of the molecule is CS(=O)Cc1nc2c(N)nc3ccccc3c2n1CC(C)(C)O. The highest BCUT2D eigenvalue weighted by molar-refractivity contribution is 7.83. The minimum absolute atomic E-state index is 0.304. The minimum Gasteiger partial charge on any atom is -0.389 e. The number of nitrogens with zero attached hydrogens (tertiary/aromatic N) is 3. The van der Waals surface area contributed by atoms with Gasteiger partial charge in [-0.1, -0.05) is 18.2 Å². The quantitative estimate of drug-likeness (QED) is 0.760. The zero-order valence-corrected chi connectivity index (χ0v) is 14.2. The van der Waals surface area contributed by atoms with Gasteiger partial charge in [0.2, 0.25) is 0 Å². The van der Waals surface area contributed by atoms with Crippen LogP contribution in [0.1, 0.15) is 19.7 Å². The fourth-order valence-electron chi connectivity index (χ4n) is 2.75. The van der Waals surface area contributed by atoms with Crippen molar-refractivity contribution in [1.29, 1.82) is 0 Å². The number of hydrogen-bond acceptors (Lipinski definition) is 5. The number of benzene rings is 1. The number of pyridine rings is 1. The van der Waals surface area contributed by atoms with Crippen LogP contribution in [0, 0.1) is 0 Å². The van der Waals surface area contributed by atoms with Crippen LogP contribution in [0.4, 0.5) is 5.82 Å². The van der Waals surface area contributed by atoms with Crippen LogP contribution < -0.4 is 5.73 Å². The molecule has 6 nitrogen and oxygen atoms in total. The number of rotatable bonds is 4. The summed E-state index contributed by atoms with van der Waals surface area (Å²) < 4.78 is 13.6. The number of aromatic nitrogens is 3. The van der Waals surface area contributed by atoms with E-state index in [0.29, 0.717) is 29.5 Å². The lowest BCUT2D eigenvalue weighted by Gasteiger charge is -2.20. The van der Waals surface area contributed by atoms with E-state index in [2.05, 4.69) is 9.97 Å². The maximum Gasteiger partial charge on any atom is 0.152 e. The van der Waals surface area contributed by atoms with Crippen molar-refractivity contribution >= 4 is 38.6 Å². The highest BCUT2D eigenvalue weighted by Crippen LogP contribution is 2.30. The smallest absolute Gasteiger partial charge is 0.152 e. The van der Waals surface area contributed by atoms with Gasteiger partial charge >= 0.3 is 0 Å². The van der Waals surface area contributed by atoms with E-state index in [1.165, 1.54) is 0 Å². The number of anilines is 1. The average Bonchev–Trinajstić information content (AvgIpc) is 2.76. The van der Waals surface area contributed by atoms with Gasteiger partial charge in [-0.05, 0) is 19.9 Å². The van der Waals surface area contributed by atoms with Gasteiger partial charge in [0.1, 0.15) is 11.3 Å². The highest BCUT2D eigenvalue weighted by Gasteiger charge is 2.22. The molecule has 122 valence electrons. The van der Waals surface area contributed by atoms with E-state index >= 15 is 0 Å². The average molecular weight is 332 g/mol. The summed E-state index contributed by atoms with van der Waals surface area (Å²) in [5.41, 5.74) is 7.34. The monoisotopic (exact) mass is 332 g/mol. The highest BCUT2D eigenvalue weighted by atomic mass is 32.2. The summed E-state index contributed by atoms with van der Waals surface area (Å²) in [5.74, 6) is 1.29. The maximum atomic E-state index is 11.7. The Morgan fingerprint density at radius 1 is 1.30 bits per heavy atom. The molecule has 0 fully saturated rings. The molecule has 1 unspecified atom stereocenters. The van der Waals surface area contributed by atoms with Crippen molar-refractivity contribution in [3.63, 3.8) is 0 Å². The number of aliphatic hydroxyl groups is 1. The Balaban J connectivity index is 2.39. The van der Waals surface area contributed by atoms with Crippen LogP contribution in [0.2, 0.25) is 0 Å². The van der Waals surface area contributed by atoms with Crippen LogP contribution >= 0.6 is 0 Å². The van der Waals surface area contributed by atoms with E-state index in [1.54, 1.807) is 20.1 Å². The molecule has 7 heteroatoms. The molecule has 0 saturated heterocycles. The number of fused-ring (bicyclic) bond motifs is 3. The first-order valence-electron chi connectivity index (χ1n) is 7.32. The molecule has 0 aliphatic rings. The fourth-order valence-corrected chi connectivity index (χ4v) is 3.34. The van der Waals surface area contributed by atoms with E-state index < -0.39 is 16.4 Å². The molecule has 23 heavy (non-hydrogen) atoms. The molecule has 0 bridgehead atoms. The first-order chi connectivity index (χ1) is 10.8. The zero-order chi connectivity index (χ0) is 16.8. The van der Waals surface area contributed by atoms with Gasteiger partial charge in [-0.25, -0.2) is 9.97 Å². The van der Waals surface area contributed by atoms with E-state index in [1.807, 2.05) is 28.8 Å². The van der Waals surface area contributed by atoms with Crippen molar-refractivity contribution in [1.82, 2.24) is 14.5 Å². The lowest BCUT2D eigenvalue weighted by molar-refractivity contribution is 0.0620. The van der Waals surface area contributed by atoms with E-state index in [9.17, 15) is 9.32 Å². The molecule has 0 aliphatic heterocycles. The van der Waals surface area contributed by atoms with Crippen LogP contribution in [-0.4, -0.2) is 35.7 Å². The summed E-state index contributed by atoms with van der Waals surface area (Å²) in [6.45, 7) is 3.81. The number of para-hydroxylation sites is 1. The largest absolute Gasteiger partial charge is 0.389 e. The third-order valence-corrected chi connectivity index (χ3v) is 4.23. The number of nitrogens with two attached hydrogens (primary N) is 1. The summed E-state index contributed by atoms with van der Waals surface area (Å²) in [7, 11) is -1.05. The van der Waals surface area contributed by atoms with Crippen LogP contribution in [-0.2, 0) is 23.1 Å². The Hall–Kier alpha value is -1.99. The van der Waals surface area contributed by atoms with E-state index in [0.717, 1.165) is 16.4 Å². The lowest BCUT2D eigenvalue weighted by atomic mass is 10.1. The van der Waals surface area contributed by atoms with Gasteiger partial charge in [-0.3, -0.25) is 4.21 Å². The molecule has 0 aliphatic carbocycles. The second kappa shape index (κ2) is 5.58. The predicted molar refractivity (Wildman–Crippen MR) is 93.5 cm³/mol. The number of imidazole rings is 1. The maximum absolute atomic E-state index is 11.7. The number of hydrogen-bond donors (Lipinski definition) is 2. The Kier molecular flexibility index (Phi) is 3.85. The molecule has 3 aromatic rings. The molecule has 1 atom stereocenters. The minimum atomic E-state index is -1.05. The molecule has 2 heterocycles. The molecule has 0 spiro atoms. The van der Waals surface area contributed by atoms with Crippen LogP contribution in [0.5, 0.6) is 0 Å². The summed E-state index contributed by atoms with van der Waals surface area (Å²) in [4.78, 5) is 8.96. The molecule has 2 aromatic heterocycles. The second-order valence-electron chi connectivity index (χ2n) is 6.36. The van der Waals surface area contributed by atoms with Crippen LogP contribution in [0.25, 0.3) is 21.9 Å². The van der Waals surface area contributed by atoms with Crippen molar-refractivity contribution in [2.24, 2.45) is 0 Å². The molecule has 3 N–H and O–H groups in total. The van der Waals surface area contributed by atoms with Gasteiger partial charge in [0, 0.05) is 22.4 Å². The Bertz CT molecular complexity index is 912. The first-order valence-corrected chi connectivity index (χ1v) is 9.05. The zero-order valence-electron chi connectivity index (χ0n) is 13.4. The second-order valence-corrected chi connectivity index (χ2v) is 7.79. The van der Waals surface area contributed by atoms with Crippen LogP contribution in [0.15, 0.2) is 24.3 Å². The van der Waals surface area contributed by atoms with Gasteiger partial charge < -0.3 is 15.4 Å². The van der Waals surface area contributed by atoms with Gasteiger partial charge in [-0.15, -0.1) is 0 Å². The summed E-state index contributed by atoms with van der Waals surface area (Å²) >= 11 is 0. The number of nitrogen functional groups attached to an aromatic ring is 1. The Morgan fingerprint density at radius 3 is 2.65 bits per heavy atom. The molecular weight excluding hydrogens is 312 g/mol. The molecule has 0 amide bonds. The Morgan fingerprint density at radius 2 is 2.00 bits per heavy atom. The van der Waals surface area contributed by atoms with Crippen molar-refractivity contribution in [3.05, 3.63) is 30.1 Å². The van der Waals surface area contributed by atoms with Crippen LogP contribution in [0.3, 0.4) is 0 Å².